The number of benzene rings is 1. The first-order chi connectivity index (χ1) is 7.45. The van der Waals surface area contributed by atoms with Crippen LogP contribution in [0.4, 0.5) is 0 Å². The molecular weight excluding hydrogens is 216 g/mol. The number of hydrogen-bond donors (Lipinski definition) is 0. The average molecular weight is 236 g/mol. The van der Waals surface area contributed by atoms with Gasteiger partial charge >= 0.3 is 0 Å². The summed E-state index contributed by atoms with van der Waals surface area (Å²) in [7, 11) is 0.229. The highest BCUT2D eigenvalue weighted by molar-refractivity contribution is 6.69. The van der Waals surface area contributed by atoms with E-state index in [-0.39, 0.29) is 5.60 Å². The van der Waals surface area contributed by atoms with Gasteiger partial charge in [-0.05, 0) is 50.2 Å². The third kappa shape index (κ3) is 2.47. The molecule has 3 heteroatoms. The predicted octanol–water partition coefficient (Wildman–Crippen LogP) is 3.54. The fourth-order valence-corrected chi connectivity index (χ4v) is 3.54. The molecule has 0 aliphatic heterocycles. The van der Waals surface area contributed by atoms with E-state index in [9.17, 15) is 0 Å². The third-order valence-electron chi connectivity index (χ3n) is 2.82. The third-order valence-corrected chi connectivity index (χ3v) is 3.82. The van der Waals surface area contributed by atoms with E-state index in [4.69, 9.17) is 9.16 Å². The SMILES string of the molecule is COc1ccc(C2(O[Si](C)(C)C)CC2)cc1. The second-order valence-electron chi connectivity index (χ2n) is 5.44. The zero-order valence-electron chi connectivity index (χ0n) is 10.5. The van der Waals surface area contributed by atoms with Crippen molar-refractivity contribution in [2.24, 2.45) is 0 Å². The minimum Gasteiger partial charge on any atom is -0.497 e. The van der Waals surface area contributed by atoms with E-state index in [0.717, 1.165) is 18.6 Å². The lowest BCUT2D eigenvalue weighted by Gasteiger charge is -2.26. The molecule has 88 valence electrons. The smallest absolute Gasteiger partial charge is 0.184 e. The van der Waals surface area contributed by atoms with Gasteiger partial charge in [0.05, 0.1) is 12.7 Å². The van der Waals surface area contributed by atoms with Crippen LogP contribution in [0.5, 0.6) is 5.75 Å². The number of ether oxygens (including phenoxy) is 1. The Balaban J connectivity index is 2.17. The first kappa shape index (κ1) is 11.7. The molecule has 0 saturated heterocycles. The minimum atomic E-state index is -1.47. The van der Waals surface area contributed by atoms with Crippen LogP contribution in [-0.4, -0.2) is 15.4 Å². The van der Waals surface area contributed by atoms with Gasteiger partial charge in [0.15, 0.2) is 8.32 Å². The summed E-state index contributed by atoms with van der Waals surface area (Å²) in [5, 5.41) is 0. The summed E-state index contributed by atoms with van der Waals surface area (Å²) in [5.74, 6) is 0.910. The monoisotopic (exact) mass is 236 g/mol. The van der Waals surface area contributed by atoms with Gasteiger partial charge in [-0.3, -0.25) is 0 Å². The molecule has 1 aliphatic rings. The number of hydrogen-bond acceptors (Lipinski definition) is 2. The second-order valence-corrected chi connectivity index (χ2v) is 9.87. The topological polar surface area (TPSA) is 18.5 Å². The Morgan fingerprint density at radius 3 is 2.00 bits per heavy atom. The van der Waals surface area contributed by atoms with Gasteiger partial charge in [-0.2, -0.15) is 0 Å². The van der Waals surface area contributed by atoms with Gasteiger partial charge in [-0.15, -0.1) is 0 Å². The van der Waals surface area contributed by atoms with Gasteiger partial charge < -0.3 is 9.16 Å². The van der Waals surface area contributed by atoms with Crippen molar-refractivity contribution in [2.75, 3.05) is 7.11 Å². The molecular formula is C13H20O2Si. The van der Waals surface area contributed by atoms with Crippen LogP contribution in [0.15, 0.2) is 24.3 Å². The molecule has 1 aliphatic carbocycles. The lowest BCUT2D eigenvalue weighted by molar-refractivity contribution is 0.172. The van der Waals surface area contributed by atoms with Gasteiger partial charge in [-0.25, -0.2) is 0 Å². The molecule has 16 heavy (non-hydrogen) atoms. The predicted molar refractivity (Wildman–Crippen MR) is 68.3 cm³/mol. The molecule has 1 aromatic carbocycles. The van der Waals surface area contributed by atoms with Crippen molar-refractivity contribution in [2.45, 2.75) is 38.1 Å². The summed E-state index contributed by atoms with van der Waals surface area (Å²) in [5.41, 5.74) is 1.33. The van der Waals surface area contributed by atoms with Crippen LogP contribution in [-0.2, 0) is 10.0 Å². The molecule has 2 rings (SSSR count). The Kier molecular flexibility index (Phi) is 2.84. The summed E-state index contributed by atoms with van der Waals surface area (Å²) in [4.78, 5) is 0. The standard InChI is InChI=1S/C13H20O2Si/c1-14-12-7-5-11(6-8-12)13(9-10-13)15-16(2,3)4/h5-8H,9-10H2,1-4H3. The van der Waals surface area contributed by atoms with Crippen LogP contribution in [0.3, 0.4) is 0 Å². The van der Waals surface area contributed by atoms with E-state index in [0.29, 0.717) is 0 Å². The number of rotatable bonds is 4. The highest BCUT2D eigenvalue weighted by Crippen LogP contribution is 2.51. The van der Waals surface area contributed by atoms with Crippen LogP contribution in [0.2, 0.25) is 19.6 Å². The summed E-state index contributed by atoms with van der Waals surface area (Å²) in [6.07, 6.45) is 2.31. The van der Waals surface area contributed by atoms with Crippen molar-refractivity contribution >= 4 is 8.32 Å². The highest BCUT2D eigenvalue weighted by Gasteiger charge is 2.48. The number of methoxy groups -OCH3 is 1. The molecule has 0 amide bonds. The second kappa shape index (κ2) is 3.89. The molecule has 0 unspecified atom stereocenters. The molecule has 0 heterocycles. The van der Waals surface area contributed by atoms with Crippen LogP contribution in [0.25, 0.3) is 0 Å². The molecule has 1 aromatic rings. The molecule has 1 fully saturated rings. The molecule has 0 aromatic heterocycles. The van der Waals surface area contributed by atoms with E-state index < -0.39 is 8.32 Å². The zero-order valence-corrected chi connectivity index (χ0v) is 11.5. The minimum absolute atomic E-state index is 0.0245. The lowest BCUT2D eigenvalue weighted by atomic mass is 10.1. The Labute approximate surface area is 98.7 Å². The summed E-state index contributed by atoms with van der Waals surface area (Å²) < 4.78 is 11.5. The van der Waals surface area contributed by atoms with Gasteiger partial charge in [0.25, 0.3) is 0 Å². The van der Waals surface area contributed by atoms with Gasteiger partial charge in [-0.1, -0.05) is 12.1 Å². The molecule has 0 spiro atoms. The first-order valence-electron chi connectivity index (χ1n) is 5.80. The van der Waals surface area contributed by atoms with Crippen molar-refractivity contribution in [3.05, 3.63) is 29.8 Å². The molecule has 0 N–H and O–H groups in total. The Morgan fingerprint density at radius 2 is 1.62 bits per heavy atom. The van der Waals surface area contributed by atoms with Crippen LogP contribution in [0, 0.1) is 0 Å². The van der Waals surface area contributed by atoms with Crippen molar-refractivity contribution < 1.29 is 9.16 Å². The average Bonchev–Trinajstić information content (AvgIpc) is 2.96. The fraction of sp³-hybridized carbons (Fsp3) is 0.538. The van der Waals surface area contributed by atoms with Crippen LogP contribution >= 0.6 is 0 Å². The summed E-state index contributed by atoms with van der Waals surface area (Å²) >= 11 is 0. The van der Waals surface area contributed by atoms with Gasteiger partial charge in [0.1, 0.15) is 5.75 Å². The van der Waals surface area contributed by atoms with E-state index in [2.05, 4.69) is 31.8 Å². The largest absolute Gasteiger partial charge is 0.497 e. The molecule has 0 radical (unpaired) electrons. The Bertz CT molecular complexity index is 361. The van der Waals surface area contributed by atoms with E-state index in [1.165, 1.54) is 5.56 Å². The summed E-state index contributed by atoms with van der Waals surface area (Å²) in [6, 6.07) is 8.30. The van der Waals surface area contributed by atoms with Crippen molar-refractivity contribution in [3.63, 3.8) is 0 Å². The quantitative estimate of drug-likeness (QED) is 0.745. The van der Waals surface area contributed by atoms with Crippen LogP contribution in [0.1, 0.15) is 18.4 Å². The Hall–Kier alpha value is -0.803. The molecule has 0 atom stereocenters. The van der Waals surface area contributed by atoms with Crippen molar-refractivity contribution in [1.82, 2.24) is 0 Å². The van der Waals surface area contributed by atoms with E-state index in [1.54, 1.807) is 7.11 Å². The maximum absolute atomic E-state index is 6.29. The normalized spacial score (nSPS) is 18.2. The maximum atomic E-state index is 6.29. The Morgan fingerprint density at radius 1 is 1.06 bits per heavy atom. The maximum Gasteiger partial charge on any atom is 0.184 e. The van der Waals surface area contributed by atoms with Crippen molar-refractivity contribution in [1.29, 1.82) is 0 Å². The van der Waals surface area contributed by atoms with Crippen LogP contribution < -0.4 is 4.74 Å². The summed E-state index contributed by atoms with van der Waals surface area (Å²) in [6.45, 7) is 6.74. The lowest BCUT2D eigenvalue weighted by Crippen LogP contribution is -2.31. The van der Waals surface area contributed by atoms with Gasteiger partial charge in [0, 0.05) is 0 Å². The highest BCUT2D eigenvalue weighted by atomic mass is 28.4. The molecule has 2 nitrogen and oxygen atoms in total. The van der Waals surface area contributed by atoms with E-state index >= 15 is 0 Å². The van der Waals surface area contributed by atoms with E-state index in [1.807, 2.05) is 12.1 Å². The molecule has 1 saturated carbocycles. The fourth-order valence-electron chi connectivity index (χ4n) is 2.04. The van der Waals surface area contributed by atoms with Gasteiger partial charge in [0.2, 0.25) is 0 Å². The van der Waals surface area contributed by atoms with Crippen molar-refractivity contribution in [3.8, 4) is 5.75 Å². The molecule has 0 bridgehead atoms. The zero-order chi connectivity index (χ0) is 11.8. The first-order valence-corrected chi connectivity index (χ1v) is 9.21.